The average molecular weight is 292 g/mol. The largest absolute Gasteiger partial charge is 0.368 e. The van der Waals surface area contributed by atoms with Crippen molar-refractivity contribution >= 4 is 0 Å². The van der Waals surface area contributed by atoms with Gasteiger partial charge < -0.3 is 14.2 Å². The molecule has 0 radical (unpaired) electrons. The molecule has 0 N–H and O–H groups in total. The van der Waals surface area contributed by atoms with Crippen LogP contribution in [0.1, 0.15) is 37.4 Å². The van der Waals surface area contributed by atoms with Crippen LogP contribution in [0, 0.1) is 6.92 Å². The third-order valence-electron chi connectivity index (χ3n) is 4.94. The number of piperidine rings is 1. The molecule has 3 heterocycles. The quantitative estimate of drug-likeness (QED) is 0.847. The van der Waals surface area contributed by atoms with E-state index in [1.54, 1.807) is 0 Å². The van der Waals surface area contributed by atoms with Crippen LogP contribution in [0.25, 0.3) is 0 Å². The first-order chi connectivity index (χ1) is 10.2. The van der Waals surface area contributed by atoms with E-state index in [4.69, 9.17) is 4.74 Å². The Bertz CT molecular complexity index is 465. The van der Waals surface area contributed by atoms with E-state index in [1.165, 1.54) is 32.5 Å². The number of ether oxygens (including phenoxy) is 1. The van der Waals surface area contributed by atoms with Crippen molar-refractivity contribution in [2.24, 2.45) is 7.05 Å². The molecule has 2 saturated heterocycles. The lowest BCUT2D eigenvalue weighted by atomic mass is 10.0. The lowest BCUT2D eigenvalue weighted by Gasteiger charge is -2.41. The van der Waals surface area contributed by atoms with Crippen molar-refractivity contribution in [1.29, 1.82) is 0 Å². The molecular weight excluding hydrogens is 264 g/mol. The summed E-state index contributed by atoms with van der Waals surface area (Å²) in [5.41, 5.74) is 1.07. The Morgan fingerprint density at radius 3 is 2.67 bits per heavy atom. The minimum Gasteiger partial charge on any atom is -0.368 e. The van der Waals surface area contributed by atoms with Crippen molar-refractivity contribution in [3.05, 3.63) is 17.7 Å². The highest BCUT2D eigenvalue weighted by molar-refractivity contribution is 5.05. The molecule has 21 heavy (non-hydrogen) atoms. The maximum atomic E-state index is 5.99. The molecule has 2 aliphatic heterocycles. The number of aryl methyl sites for hydroxylation is 2. The molecule has 3 rings (SSSR count). The van der Waals surface area contributed by atoms with Gasteiger partial charge in [-0.1, -0.05) is 6.92 Å². The van der Waals surface area contributed by atoms with Crippen molar-refractivity contribution in [2.75, 3.05) is 39.3 Å². The van der Waals surface area contributed by atoms with Gasteiger partial charge in [0.1, 0.15) is 11.9 Å². The topological polar surface area (TPSA) is 33.5 Å². The molecule has 0 saturated carbocycles. The molecule has 5 nitrogen and oxygen atoms in total. The van der Waals surface area contributed by atoms with Crippen LogP contribution in [0.3, 0.4) is 0 Å². The van der Waals surface area contributed by atoms with Gasteiger partial charge in [-0.3, -0.25) is 4.90 Å². The summed E-state index contributed by atoms with van der Waals surface area (Å²) in [6.45, 7) is 10.8. The minimum atomic E-state index is 0.127. The SMILES string of the molecule is CCN1CCC(N2CCO[C@H](c3nc(C)cn3C)C2)CC1. The predicted molar refractivity (Wildman–Crippen MR) is 83.3 cm³/mol. The van der Waals surface area contributed by atoms with Gasteiger partial charge in [0, 0.05) is 32.4 Å². The lowest BCUT2D eigenvalue weighted by Crippen LogP contribution is -2.49. The van der Waals surface area contributed by atoms with Crippen LogP contribution >= 0.6 is 0 Å². The number of likely N-dealkylation sites (tertiary alicyclic amines) is 1. The van der Waals surface area contributed by atoms with Crippen LogP contribution in [-0.4, -0.2) is 64.7 Å². The van der Waals surface area contributed by atoms with Gasteiger partial charge in [0.05, 0.1) is 12.3 Å². The first kappa shape index (κ1) is 15.0. The van der Waals surface area contributed by atoms with E-state index in [2.05, 4.69) is 39.5 Å². The number of nitrogens with zero attached hydrogens (tertiary/aromatic N) is 4. The first-order valence-corrected chi connectivity index (χ1v) is 8.25. The van der Waals surface area contributed by atoms with Crippen LogP contribution in [0.4, 0.5) is 0 Å². The monoisotopic (exact) mass is 292 g/mol. The second-order valence-electron chi connectivity index (χ2n) is 6.37. The van der Waals surface area contributed by atoms with E-state index < -0.39 is 0 Å². The third kappa shape index (κ3) is 3.30. The highest BCUT2D eigenvalue weighted by Crippen LogP contribution is 2.25. The Hall–Kier alpha value is -0.910. The van der Waals surface area contributed by atoms with Crippen LogP contribution in [-0.2, 0) is 11.8 Å². The Balaban J connectivity index is 1.62. The molecule has 0 aromatic carbocycles. The zero-order valence-corrected chi connectivity index (χ0v) is 13.6. The van der Waals surface area contributed by atoms with Crippen LogP contribution < -0.4 is 0 Å². The van der Waals surface area contributed by atoms with Gasteiger partial charge in [0.25, 0.3) is 0 Å². The fraction of sp³-hybridized carbons (Fsp3) is 0.812. The van der Waals surface area contributed by atoms with Gasteiger partial charge in [-0.05, 0) is 39.4 Å². The highest BCUT2D eigenvalue weighted by Gasteiger charge is 2.31. The van der Waals surface area contributed by atoms with Gasteiger partial charge >= 0.3 is 0 Å². The van der Waals surface area contributed by atoms with Gasteiger partial charge in [-0.15, -0.1) is 0 Å². The van der Waals surface area contributed by atoms with Gasteiger partial charge in [0.15, 0.2) is 0 Å². The third-order valence-corrected chi connectivity index (χ3v) is 4.94. The van der Waals surface area contributed by atoms with Gasteiger partial charge in [-0.2, -0.15) is 0 Å². The zero-order chi connectivity index (χ0) is 14.8. The molecule has 5 heteroatoms. The summed E-state index contributed by atoms with van der Waals surface area (Å²) in [5.74, 6) is 1.07. The summed E-state index contributed by atoms with van der Waals surface area (Å²) in [6, 6.07) is 0.723. The number of hydrogen-bond donors (Lipinski definition) is 0. The molecule has 0 amide bonds. The predicted octanol–water partition coefficient (Wildman–Crippen LogP) is 1.59. The molecule has 0 bridgehead atoms. The van der Waals surface area contributed by atoms with E-state index in [0.29, 0.717) is 0 Å². The number of aromatic nitrogens is 2. The second kappa shape index (κ2) is 6.46. The van der Waals surface area contributed by atoms with E-state index in [1.807, 2.05) is 6.92 Å². The van der Waals surface area contributed by atoms with E-state index in [-0.39, 0.29) is 6.10 Å². The fourth-order valence-electron chi connectivity index (χ4n) is 3.69. The summed E-state index contributed by atoms with van der Waals surface area (Å²) in [7, 11) is 2.07. The van der Waals surface area contributed by atoms with Crippen LogP contribution in [0.5, 0.6) is 0 Å². The van der Waals surface area contributed by atoms with Crippen LogP contribution in [0.2, 0.25) is 0 Å². The molecular formula is C16H28N4O. The van der Waals surface area contributed by atoms with E-state index in [9.17, 15) is 0 Å². The highest BCUT2D eigenvalue weighted by atomic mass is 16.5. The minimum absolute atomic E-state index is 0.127. The number of morpholine rings is 1. The second-order valence-corrected chi connectivity index (χ2v) is 6.37. The van der Waals surface area contributed by atoms with E-state index in [0.717, 1.165) is 37.3 Å². The first-order valence-electron chi connectivity index (χ1n) is 8.25. The standard InChI is InChI=1S/C16H28N4O/c1-4-19-7-5-14(6-8-19)20-9-10-21-15(12-20)16-17-13(2)11-18(16)3/h11,14-15H,4-10,12H2,1-3H3/t15-/m0/s1. The Kier molecular flexibility index (Phi) is 4.62. The molecule has 0 aliphatic carbocycles. The molecule has 0 spiro atoms. The summed E-state index contributed by atoms with van der Waals surface area (Å²) >= 11 is 0. The van der Waals surface area contributed by atoms with Crippen molar-refractivity contribution in [2.45, 2.75) is 38.8 Å². The number of imidazole rings is 1. The number of rotatable bonds is 3. The Morgan fingerprint density at radius 1 is 1.29 bits per heavy atom. The molecule has 1 aromatic rings. The Labute approximate surface area is 127 Å². The molecule has 1 aromatic heterocycles. The summed E-state index contributed by atoms with van der Waals surface area (Å²) < 4.78 is 8.10. The molecule has 1 atom stereocenters. The van der Waals surface area contributed by atoms with E-state index >= 15 is 0 Å². The fourth-order valence-corrected chi connectivity index (χ4v) is 3.69. The normalized spacial score (nSPS) is 26.3. The molecule has 0 unspecified atom stereocenters. The smallest absolute Gasteiger partial charge is 0.139 e. The Morgan fingerprint density at radius 2 is 2.05 bits per heavy atom. The molecule has 118 valence electrons. The summed E-state index contributed by atoms with van der Waals surface area (Å²) in [4.78, 5) is 9.82. The van der Waals surface area contributed by atoms with Crippen LogP contribution in [0.15, 0.2) is 6.20 Å². The number of hydrogen-bond acceptors (Lipinski definition) is 4. The maximum absolute atomic E-state index is 5.99. The zero-order valence-electron chi connectivity index (χ0n) is 13.6. The van der Waals surface area contributed by atoms with Crippen molar-refractivity contribution in [1.82, 2.24) is 19.4 Å². The molecule has 2 aliphatic rings. The van der Waals surface area contributed by atoms with Crippen molar-refractivity contribution < 1.29 is 4.74 Å². The lowest BCUT2D eigenvalue weighted by molar-refractivity contribution is -0.0578. The van der Waals surface area contributed by atoms with Crippen molar-refractivity contribution in [3.63, 3.8) is 0 Å². The van der Waals surface area contributed by atoms with Crippen molar-refractivity contribution in [3.8, 4) is 0 Å². The van der Waals surface area contributed by atoms with Gasteiger partial charge in [-0.25, -0.2) is 4.98 Å². The summed E-state index contributed by atoms with van der Waals surface area (Å²) in [6.07, 6.45) is 4.79. The summed E-state index contributed by atoms with van der Waals surface area (Å²) in [5, 5.41) is 0. The maximum Gasteiger partial charge on any atom is 0.139 e. The molecule has 2 fully saturated rings. The van der Waals surface area contributed by atoms with Gasteiger partial charge in [0.2, 0.25) is 0 Å². The average Bonchev–Trinajstić information content (AvgIpc) is 2.86.